The first-order valence-corrected chi connectivity index (χ1v) is 8.58. The molecule has 1 saturated heterocycles. The molecule has 0 radical (unpaired) electrons. The van der Waals surface area contributed by atoms with Crippen LogP contribution in [0.1, 0.15) is 43.6 Å². The molecule has 0 aromatic carbocycles. The molecule has 3 rings (SSSR count). The standard InChI is InChI=1S/C16H22N2O2S/c1-3-11-7-9-21-13(11)10-18-8-6-14(19)17-16(2,15(18)20)12-4-5-12/h7,9,12H,3-6,8,10H2,1-2H3,(H,17,19). The Hall–Kier alpha value is -1.36. The predicted octanol–water partition coefficient (Wildman–Crippen LogP) is 2.33. The quantitative estimate of drug-likeness (QED) is 0.928. The lowest BCUT2D eigenvalue weighted by molar-refractivity contribution is -0.139. The Balaban J connectivity index is 1.83. The van der Waals surface area contributed by atoms with E-state index in [1.165, 1.54) is 10.4 Å². The number of nitrogens with one attached hydrogen (secondary N) is 1. The van der Waals surface area contributed by atoms with Crippen LogP contribution in [0.25, 0.3) is 0 Å². The van der Waals surface area contributed by atoms with Gasteiger partial charge in [0.15, 0.2) is 0 Å². The number of carbonyl (C=O) groups excluding carboxylic acids is 2. The molecule has 1 aromatic heterocycles. The van der Waals surface area contributed by atoms with Crippen LogP contribution in [-0.2, 0) is 22.6 Å². The minimum absolute atomic E-state index is 0.00199. The average molecular weight is 306 g/mol. The number of rotatable bonds is 4. The lowest BCUT2D eigenvalue weighted by Crippen LogP contribution is -2.56. The minimum Gasteiger partial charge on any atom is -0.342 e. The summed E-state index contributed by atoms with van der Waals surface area (Å²) in [4.78, 5) is 28.0. The first-order valence-electron chi connectivity index (χ1n) is 7.70. The van der Waals surface area contributed by atoms with Crippen molar-refractivity contribution in [1.82, 2.24) is 10.2 Å². The van der Waals surface area contributed by atoms with Crippen molar-refractivity contribution >= 4 is 23.2 Å². The van der Waals surface area contributed by atoms with Gasteiger partial charge in [0.2, 0.25) is 11.8 Å². The van der Waals surface area contributed by atoms with E-state index in [0.717, 1.165) is 19.3 Å². The molecule has 1 aromatic rings. The van der Waals surface area contributed by atoms with Crippen LogP contribution in [0, 0.1) is 5.92 Å². The van der Waals surface area contributed by atoms with Crippen molar-refractivity contribution in [3.05, 3.63) is 21.9 Å². The van der Waals surface area contributed by atoms with E-state index in [4.69, 9.17) is 0 Å². The van der Waals surface area contributed by atoms with Gasteiger partial charge in [-0.15, -0.1) is 11.3 Å². The highest BCUT2D eigenvalue weighted by Crippen LogP contribution is 2.41. The van der Waals surface area contributed by atoms with Crippen molar-refractivity contribution in [2.24, 2.45) is 5.92 Å². The molecular weight excluding hydrogens is 284 g/mol. The zero-order valence-electron chi connectivity index (χ0n) is 12.6. The maximum absolute atomic E-state index is 12.9. The van der Waals surface area contributed by atoms with Gasteiger partial charge in [0.1, 0.15) is 5.54 Å². The zero-order chi connectivity index (χ0) is 15.0. The van der Waals surface area contributed by atoms with E-state index >= 15 is 0 Å². The number of hydrogen-bond donors (Lipinski definition) is 1. The molecule has 1 aliphatic carbocycles. The molecule has 2 aliphatic rings. The fourth-order valence-electron chi connectivity index (χ4n) is 3.15. The third kappa shape index (κ3) is 2.71. The first kappa shape index (κ1) is 14.6. The first-order chi connectivity index (χ1) is 10.0. The Morgan fingerprint density at radius 3 is 2.86 bits per heavy atom. The van der Waals surface area contributed by atoms with Gasteiger partial charge in [-0.2, -0.15) is 0 Å². The van der Waals surface area contributed by atoms with Crippen LogP contribution in [0.5, 0.6) is 0 Å². The second kappa shape index (κ2) is 5.44. The van der Waals surface area contributed by atoms with Gasteiger partial charge in [-0.25, -0.2) is 0 Å². The van der Waals surface area contributed by atoms with Gasteiger partial charge in [0, 0.05) is 17.8 Å². The molecule has 1 unspecified atom stereocenters. The van der Waals surface area contributed by atoms with Crippen LogP contribution >= 0.6 is 11.3 Å². The van der Waals surface area contributed by atoms with Crippen molar-refractivity contribution < 1.29 is 9.59 Å². The fourth-order valence-corrected chi connectivity index (χ4v) is 4.15. The molecule has 1 atom stereocenters. The average Bonchev–Trinajstić information content (AvgIpc) is 3.23. The second-order valence-electron chi connectivity index (χ2n) is 6.22. The van der Waals surface area contributed by atoms with Gasteiger partial charge in [-0.3, -0.25) is 9.59 Å². The fraction of sp³-hybridized carbons (Fsp3) is 0.625. The van der Waals surface area contributed by atoms with E-state index < -0.39 is 5.54 Å². The Morgan fingerprint density at radius 2 is 2.19 bits per heavy atom. The Labute approximate surface area is 129 Å². The molecule has 4 nitrogen and oxygen atoms in total. The predicted molar refractivity (Wildman–Crippen MR) is 83.0 cm³/mol. The Bertz CT molecular complexity index is 564. The van der Waals surface area contributed by atoms with Gasteiger partial charge < -0.3 is 10.2 Å². The van der Waals surface area contributed by atoms with Crippen molar-refractivity contribution in [3.8, 4) is 0 Å². The summed E-state index contributed by atoms with van der Waals surface area (Å²) in [6, 6.07) is 2.13. The van der Waals surface area contributed by atoms with Crippen LogP contribution in [0.3, 0.4) is 0 Å². The smallest absolute Gasteiger partial charge is 0.248 e. The molecular formula is C16H22N2O2S. The van der Waals surface area contributed by atoms with E-state index in [1.54, 1.807) is 11.3 Å². The molecule has 2 amide bonds. The third-order valence-electron chi connectivity index (χ3n) is 4.69. The monoisotopic (exact) mass is 306 g/mol. The zero-order valence-corrected chi connectivity index (χ0v) is 13.5. The van der Waals surface area contributed by atoms with Crippen LogP contribution < -0.4 is 5.32 Å². The molecule has 5 heteroatoms. The summed E-state index contributed by atoms with van der Waals surface area (Å²) in [5, 5.41) is 5.06. The number of nitrogens with zero attached hydrogens (tertiary/aromatic N) is 1. The van der Waals surface area contributed by atoms with Gasteiger partial charge in [0.25, 0.3) is 0 Å². The van der Waals surface area contributed by atoms with Crippen molar-refractivity contribution in [2.45, 2.75) is 51.6 Å². The molecule has 1 N–H and O–H groups in total. The number of hydrogen-bond acceptors (Lipinski definition) is 3. The Kier molecular flexibility index (Phi) is 3.78. The molecule has 0 spiro atoms. The number of aryl methyl sites for hydroxylation is 1. The molecule has 114 valence electrons. The van der Waals surface area contributed by atoms with E-state index in [9.17, 15) is 9.59 Å². The summed E-state index contributed by atoms with van der Waals surface area (Å²) in [7, 11) is 0. The molecule has 21 heavy (non-hydrogen) atoms. The number of carbonyl (C=O) groups is 2. The number of thiophene rings is 1. The number of amides is 2. The van der Waals surface area contributed by atoms with Gasteiger partial charge in [0.05, 0.1) is 6.54 Å². The van der Waals surface area contributed by atoms with E-state index in [-0.39, 0.29) is 11.8 Å². The highest BCUT2D eigenvalue weighted by Gasteiger charge is 2.51. The summed E-state index contributed by atoms with van der Waals surface area (Å²) in [5.74, 6) is 0.400. The summed E-state index contributed by atoms with van der Waals surface area (Å²) in [6.07, 6.45) is 3.46. The van der Waals surface area contributed by atoms with Crippen molar-refractivity contribution in [3.63, 3.8) is 0 Å². The normalized spacial score (nSPS) is 26.7. The van der Waals surface area contributed by atoms with Gasteiger partial charge in [-0.05, 0) is 49.1 Å². The van der Waals surface area contributed by atoms with Crippen LogP contribution in [0.15, 0.2) is 11.4 Å². The maximum atomic E-state index is 12.9. The van der Waals surface area contributed by atoms with Gasteiger partial charge >= 0.3 is 0 Å². The van der Waals surface area contributed by atoms with Crippen molar-refractivity contribution in [2.75, 3.05) is 6.54 Å². The summed E-state index contributed by atoms with van der Waals surface area (Å²) in [5.41, 5.74) is 0.612. The maximum Gasteiger partial charge on any atom is 0.248 e. The highest BCUT2D eigenvalue weighted by atomic mass is 32.1. The molecule has 1 aliphatic heterocycles. The summed E-state index contributed by atoms with van der Waals surface area (Å²) in [6.45, 7) is 5.19. The molecule has 1 saturated carbocycles. The second-order valence-corrected chi connectivity index (χ2v) is 7.22. The SMILES string of the molecule is CCc1ccsc1CN1CCC(=O)NC(C)(C2CC2)C1=O. The largest absolute Gasteiger partial charge is 0.342 e. The highest BCUT2D eigenvalue weighted by molar-refractivity contribution is 7.10. The lowest BCUT2D eigenvalue weighted by atomic mass is 9.94. The third-order valence-corrected chi connectivity index (χ3v) is 5.63. The lowest BCUT2D eigenvalue weighted by Gasteiger charge is -2.32. The van der Waals surface area contributed by atoms with E-state index in [0.29, 0.717) is 25.4 Å². The molecule has 2 heterocycles. The minimum atomic E-state index is -0.697. The van der Waals surface area contributed by atoms with Crippen LogP contribution in [-0.4, -0.2) is 28.8 Å². The molecule has 0 bridgehead atoms. The van der Waals surface area contributed by atoms with E-state index in [2.05, 4.69) is 23.7 Å². The Morgan fingerprint density at radius 1 is 1.43 bits per heavy atom. The van der Waals surface area contributed by atoms with Crippen LogP contribution in [0.2, 0.25) is 0 Å². The molecule has 2 fully saturated rings. The van der Waals surface area contributed by atoms with E-state index in [1.807, 2.05) is 11.8 Å². The summed E-state index contributed by atoms with van der Waals surface area (Å²) < 4.78 is 0. The summed E-state index contributed by atoms with van der Waals surface area (Å²) >= 11 is 1.70. The van der Waals surface area contributed by atoms with Gasteiger partial charge in [-0.1, -0.05) is 6.92 Å². The topological polar surface area (TPSA) is 49.4 Å². The van der Waals surface area contributed by atoms with Crippen molar-refractivity contribution in [1.29, 1.82) is 0 Å². The van der Waals surface area contributed by atoms with Crippen LogP contribution in [0.4, 0.5) is 0 Å².